The van der Waals surface area contributed by atoms with Gasteiger partial charge in [0.15, 0.2) is 5.72 Å². The third kappa shape index (κ3) is 1.67. The molecule has 1 spiro atoms. The zero-order valence-corrected chi connectivity index (χ0v) is 12.3. The first-order valence-electron chi connectivity index (χ1n) is 7.54. The number of carbonyl (C=O) groups is 2. The van der Waals surface area contributed by atoms with Crippen LogP contribution < -0.4 is 0 Å². The van der Waals surface area contributed by atoms with Crippen molar-refractivity contribution in [2.24, 2.45) is 0 Å². The van der Waals surface area contributed by atoms with Crippen molar-refractivity contribution in [2.75, 3.05) is 19.7 Å². The van der Waals surface area contributed by atoms with E-state index < -0.39 is 11.5 Å². The zero-order chi connectivity index (χ0) is 15.5. The van der Waals surface area contributed by atoms with Gasteiger partial charge in [0.2, 0.25) is 5.91 Å². The molecule has 0 saturated carbocycles. The van der Waals surface area contributed by atoms with E-state index in [0.29, 0.717) is 38.1 Å². The third-order valence-electron chi connectivity index (χ3n) is 5.09. The quantitative estimate of drug-likeness (QED) is 0.786. The maximum Gasteiger partial charge on any atom is 0.254 e. The van der Waals surface area contributed by atoms with Crippen molar-refractivity contribution >= 4 is 11.8 Å². The van der Waals surface area contributed by atoms with E-state index in [-0.39, 0.29) is 17.9 Å². The number of hydrogen-bond donors (Lipinski definition) is 0. The van der Waals surface area contributed by atoms with E-state index in [0.717, 1.165) is 5.56 Å². The minimum Gasteiger partial charge on any atom is -0.351 e. The van der Waals surface area contributed by atoms with Crippen LogP contribution in [0.5, 0.6) is 0 Å². The van der Waals surface area contributed by atoms with Crippen LogP contribution in [0.25, 0.3) is 0 Å². The van der Waals surface area contributed by atoms with Crippen molar-refractivity contribution in [2.45, 2.75) is 31.5 Å². The molecule has 3 aliphatic heterocycles. The molecule has 6 heteroatoms. The molecule has 0 N–H and O–H groups in total. The molecular weight excluding hydrogens is 287 g/mol. The van der Waals surface area contributed by atoms with E-state index in [1.54, 1.807) is 22.8 Å². The molecule has 0 bridgehead atoms. The Balaban J connectivity index is 1.68. The topological polar surface area (TPSA) is 49.9 Å². The van der Waals surface area contributed by atoms with E-state index >= 15 is 0 Å². The van der Waals surface area contributed by atoms with E-state index in [2.05, 4.69) is 0 Å². The molecule has 0 aliphatic carbocycles. The SMILES string of the molecule is Cc1ccc(F)cc1C(=O)N1CC[C@@]23OCCN2C(=O)C[C@@H]13. The van der Waals surface area contributed by atoms with Gasteiger partial charge in [0, 0.05) is 25.1 Å². The van der Waals surface area contributed by atoms with Gasteiger partial charge in [0.1, 0.15) is 5.82 Å². The molecule has 1 aromatic carbocycles. The van der Waals surface area contributed by atoms with E-state index in [4.69, 9.17) is 4.74 Å². The molecule has 116 valence electrons. The lowest BCUT2D eigenvalue weighted by Crippen LogP contribution is -2.48. The standard InChI is InChI=1S/C16H17FN2O3/c1-10-2-3-11(17)8-12(10)15(21)18-5-4-16-13(18)9-14(20)19(16)6-7-22-16/h2-3,8,13H,4-7,9H2,1H3/t13-,16+/m1/s1. The molecule has 0 aromatic heterocycles. The lowest BCUT2D eigenvalue weighted by molar-refractivity contribution is -0.136. The molecule has 1 aromatic rings. The summed E-state index contributed by atoms with van der Waals surface area (Å²) in [6.45, 7) is 3.43. The van der Waals surface area contributed by atoms with Crippen LogP contribution in [0.4, 0.5) is 4.39 Å². The zero-order valence-electron chi connectivity index (χ0n) is 12.3. The van der Waals surface area contributed by atoms with Gasteiger partial charge in [-0.05, 0) is 24.6 Å². The van der Waals surface area contributed by atoms with Gasteiger partial charge >= 0.3 is 0 Å². The molecule has 5 nitrogen and oxygen atoms in total. The van der Waals surface area contributed by atoms with Crippen molar-refractivity contribution in [1.29, 1.82) is 0 Å². The summed E-state index contributed by atoms with van der Waals surface area (Å²) in [6, 6.07) is 3.95. The normalized spacial score (nSPS) is 29.9. The number of nitrogens with zero attached hydrogens (tertiary/aromatic N) is 2. The molecule has 3 aliphatic rings. The molecule has 3 saturated heterocycles. The predicted octanol–water partition coefficient (Wildman–Crippen LogP) is 1.31. The summed E-state index contributed by atoms with van der Waals surface area (Å²) in [6.07, 6.45) is 0.920. The van der Waals surface area contributed by atoms with Crippen molar-refractivity contribution in [3.63, 3.8) is 0 Å². The van der Waals surface area contributed by atoms with Gasteiger partial charge in [-0.2, -0.15) is 0 Å². The number of amides is 2. The minimum atomic E-state index is -0.645. The molecule has 22 heavy (non-hydrogen) atoms. The summed E-state index contributed by atoms with van der Waals surface area (Å²) >= 11 is 0. The van der Waals surface area contributed by atoms with Crippen LogP contribution in [0.15, 0.2) is 18.2 Å². The molecule has 0 radical (unpaired) electrons. The van der Waals surface area contributed by atoms with Crippen molar-refractivity contribution in [1.82, 2.24) is 9.80 Å². The summed E-state index contributed by atoms with van der Waals surface area (Å²) in [5.41, 5.74) is 0.454. The van der Waals surface area contributed by atoms with Gasteiger partial charge in [-0.25, -0.2) is 4.39 Å². The van der Waals surface area contributed by atoms with Crippen LogP contribution in [0.3, 0.4) is 0 Å². The van der Waals surface area contributed by atoms with Gasteiger partial charge < -0.3 is 14.5 Å². The maximum atomic E-state index is 13.5. The lowest BCUT2D eigenvalue weighted by Gasteiger charge is -2.31. The smallest absolute Gasteiger partial charge is 0.254 e. The Hall–Kier alpha value is -1.95. The maximum absolute atomic E-state index is 13.5. The Bertz CT molecular complexity index is 677. The van der Waals surface area contributed by atoms with E-state index in [9.17, 15) is 14.0 Å². The highest BCUT2D eigenvalue weighted by atomic mass is 19.1. The van der Waals surface area contributed by atoms with Crippen LogP contribution >= 0.6 is 0 Å². The van der Waals surface area contributed by atoms with Crippen molar-refractivity contribution in [3.8, 4) is 0 Å². The Labute approximate surface area is 127 Å². The number of carbonyl (C=O) groups excluding carboxylic acids is 2. The van der Waals surface area contributed by atoms with Gasteiger partial charge in [-0.3, -0.25) is 9.59 Å². The number of rotatable bonds is 1. The summed E-state index contributed by atoms with van der Waals surface area (Å²) in [4.78, 5) is 28.4. The number of ether oxygens (including phenoxy) is 1. The van der Waals surface area contributed by atoms with Gasteiger partial charge in [0.05, 0.1) is 19.1 Å². The summed E-state index contributed by atoms with van der Waals surface area (Å²) in [5, 5.41) is 0. The number of halogens is 1. The van der Waals surface area contributed by atoms with Gasteiger partial charge in [0.25, 0.3) is 5.91 Å². The van der Waals surface area contributed by atoms with Crippen LogP contribution in [-0.2, 0) is 9.53 Å². The first-order chi connectivity index (χ1) is 10.5. The highest BCUT2D eigenvalue weighted by molar-refractivity contribution is 5.97. The summed E-state index contributed by atoms with van der Waals surface area (Å²) in [5.74, 6) is -0.607. The number of likely N-dealkylation sites (tertiary alicyclic amines) is 1. The average Bonchev–Trinajstić information content (AvgIpc) is 3.12. The van der Waals surface area contributed by atoms with Crippen LogP contribution in [0.1, 0.15) is 28.8 Å². The molecule has 3 fully saturated rings. The molecule has 3 heterocycles. The van der Waals surface area contributed by atoms with Crippen LogP contribution in [0.2, 0.25) is 0 Å². The van der Waals surface area contributed by atoms with E-state index in [1.165, 1.54) is 12.1 Å². The molecular formula is C16H17FN2O3. The largest absolute Gasteiger partial charge is 0.351 e. The molecule has 2 atom stereocenters. The monoisotopic (exact) mass is 304 g/mol. The van der Waals surface area contributed by atoms with Crippen LogP contribution in [0, 0.1) is 12.7 Å². The molecule has 2 amide bonds. The third-order valence-corrected chi connectivity index (χ3v) is 5.09. The Kier molecular flexibility index (Phi) is 2.81. The average molecular weight is 304 g/mol. The number of hydrogen-bond acceptors (Lipinski definition) is 3. The second-order valence-electron chi connectivity index (χ2n) is 6.17. The second-order valence-corrected chi connectivity index (χ2v) is 6.17. The highest BCUT2D eigenvalue weighted by Crippen LogP contribution is 2.46. The Morgan fingerprint density at radius 1 is 1.41 bits per heavy atom. The van der Waals surface area contributed by atoms with Gasteiger partial charge in [-0.15, -0.1) is 0 Å². The van der Waals surface area contributed by atoms with Gasteiger partial charge in [-0.1, -0.05) is 6.07 Å². The summed E-state index contributed by atoms with van der Waals surface area (Å²) in [7, 11) is 0. The number of benzene rings is 1. The molecule has 0 unspecified atom stereocenters. The Morgan fingerprint density at radius 2 is 2.23 bits per heavy atom. The van der Waals surface area contributed by atoms with Crippen LogP contribution in [-0.4, -0.2) is 53.1 Å². The fraction of sp³-hybridized carbons (Fsp3) is 0.500. The minimum absolute atomic E-state index is 0.0379. The summed E-state index contributed by atoms with van der Waals surface area (Å²) < 4.78 is 19.3. The van der Waals surface area contributed by atoms with Crippen molar-refractivity contribution < 1.29 is 18.7 Å². The Morgan fingerprint density at radius 3 is 3.05 bits per heavy atom. The predicted molar refractivity (Wildman–Crippen MR) is 75.6 cm³/mol. The second kappa shape index (κ2) is 4.52. The first kappa shape index (κ1) is 13.7. The fourth-order valence-corrected chi connectivity index (χ4v) is 4.01. The van der Waals surface area contributed by atoms with E-state index in [1.807, 2.05) is 0 Å². The highest BCUT2D eigenvalue weighted by Gasteiger charge is 2.62. The molecule has 4 rings (SSSR count). The fourth-order valence-electron chi connectivity index (χ4n) is 4.01. The first-order valence-corrected chi connectivity index (χ1v) is 7.54. The lowest BCUT2D eigenvalue weighted by atomic mass is 10.0. The number of aryl methyl sites for hydroxylation is 1. The van der Waals surface area contributed by atoms with Crippen molar-refractivity contribution in [3.05, 3.63) is 35.1 Å².